The van der Waals surface area contributed by atoms with Crippen molar-refractivity contribution in [3.8, 4) is 17.0 Å². The minimum absolute atomic E-state index is 0.0935. The number of fused-ring (bicyclic) bond motifs is 4. The zero-order chi connectivity index (χ0) is 44.3. The molecule has 11 rings (SSSR count). The van der Waals surface area contributed by atoms with E-state index in [2.05, 4.69) is 46.7 Å². The Hall–Kier alpha value is -6.62. The first-order valence-corrected chi connectivity index (χ1v) is 23.0. The molecule has 0 bridgehead atoms. The van der Waals surface area contributed by atoms with E-state index in [1.54, 1.807) is 17.3 Å². The first-order chi connectivity index (χ1) is 31.6. The number of hydrogen-bond donors (Lipinski definition) is 3. The van der Waals surface area contributed by atoms with Crippen molar-refractivity contribution in [3.63, 3.8) is 0 Å². The van der Waals surface area contributed by atoms with Crippen molar-refractivity contribution in [2.45, 2.75) is 77.0 Å². The van der Waals surface area contributed by atoms with E-state index in [0.29, 0.717) is 84.6 Å². The predicted molar refractivity (Wildman–Crippen MR) is 241 cm³/mol. The van der Waals surface area contributed by atoms with E-state index in [1.165, 1.54) is 6.07 Å². The lowest BCUT2D eigenvalue weighted by atomic mass is 9.94. The van der Waals surface area contributed by atoms with Crippen molar-refractivity contribution < 1.29 is 28.3 Å². The normalized spacial score (nSPS) is 20.8. The summed E-state index contributed by atoms with van der Waals surface area (Å²) < 4.78 is 22.9. The number of carbonyl (C=O) groups excluding carboxylic acids is 4. The standard InChI is InChI=1S/C48H52FN11O5/c1-28-38(24-52-47-45(28)50-11-17-65-47)37-19-30-21-41(51-23-31(30)20-39(37)49)53-42-22-35-10-16-58(44(62)27-60(35)55-42)33-8-12-56(13-9-33)25-29-6-14-57(15-7-29)34-2-3-36-32(18-34)26-59(48(36)64)40-4-5-43(61)54-46(40)63/h2-3,18-24,29,33,40,50H,4-17,25-27H2,1H3,(H,51,53,55)(H,54,61,63). The molecule has 9 heterocycles. The van der Waals surface area contributed by atoms with Gasteiger partial charge in [0.2, 0.25) is 23.6 Å². The summed E-state index contributed by atoms with van der Waals surface area (Å²) in [5.74, 6) is 1.24. The van der Waals surface area contributed by atoms with Crippen LogP contribution >= 0.6 is 0 Å². The maximum atomic E-state index is 15.5. The van der Waals surface area contributed by atoms with Gasteiger partial charge in [0, 0.05) is 123 Å². The average Bonchev–Trinajstić information content (AvgIpc) is 3.80. The minimum atomic E-state index is -0.609. The zero-order valence-electron chi connectivity index (χ0n) is 36.4. The second kappa shape index (κ2) is 16.7. The summed E-state index contributed by atoms with van der Waals surface area (Å²) in [6.45, 7) is 9.27. The Bertz CT molecular complexity index is 2740. The molecule has 0 radical (unpaired) electrons. The molecule has 0 spiro atoms. The number of imide groups is 1. The van der Waals surface area contributed by atoms with Crippen molar-refractivity contribution in [2.24, 2.45) is 5.92 Å². The number of likely N-dealkylation sites (tertiary alicyclic amines) is 1. The van der Waals surface area contributed by atoms with E-state index in [1.807, 2.05) is 41.9 Å². The van der Waals surface area contributed by atoms with E-state index in [9.17, 15) is 19.2 Å². The zero-order valence-corrected chi connectivity index (χ0v) is 36.4. The minimum Gasteiger partial charge on any atom is -0.474 e. The third-order valence-corrected chi connectivity index (χ3v) is 14.4. The van der Waals surface area contributed by atoms with Gasteiger partial charge in [-0.2, -0.15) is 5.10 Å². The summed E-state index contributed by atoms with van der Waals surface area (Å²) in [5.41, 5.74) is 6.49. The fraction of sp³-hybridized carbons (Fsp3) is 0.438. The molecule has 16 nitrogen and oxygen atoms in total. The molecule has 3 saturated heterocycles. The number of anilines is 4. The van der Waals surface area contributed by atoms with Crippen LogP contribution in [0.1, 0.15) is 65.7 Å². The molecule has 3 N–H and O–H groups in total. The number of amides is 4. The fourth-order valence-electron chi connectivity index (χ4n) is 10.8. The number of pyridine rings is 2. The highest BCUT2D eigenvalue weighted by molar-refractivity contribution is 6.05. The summed E-state index contributed by atoms with van der Waals surface area (Å²) in [5, 5.41) is 15.3. The van der Waals surface area contributed by atoms with Crippen molar-refractivity contribution in [1.29, 1.82) is 0 Å². The van der Waals surface area contributed by atoms with Gasteiger partial charge in [0.05, 0.1) is 0 Å². The largest absolute Gasteiger partial charge is 0.474 e. The van der Waals surface area contributed by atoms with Crippen molar-refractivity contribution >= 4 is 57.4 Å². The summed E-state index contributed by atoms with van der Waals surface area (Å²) in [6.07, 6.45) is 8.71. The van der Waals surface area contributed by atoms with E-state index in [-0.39, 0.29) is 48.5 Å². The lowest BCUT2D eigenvalue weighted by molar-refractivity contribution is -0.137. The number of benzene rings is 2. The van der Waals surface area contributed by atoms with Crippen LogP contribution in [0.3, 0.4) is 0 Å². The van der Waals surface area contributed by atoms with Gasteiger partial charge in [0.1, 0.15) is 36.5 Å². The lowest BCUT2D eigenvalue weighted by Crippen LogP contribution is -2.52. The molecule has 17 heteroatoms. The van der Waals surface area contributed by atoms with Crippen LogP contribution in [0.25, 0.3) is 21.9 Å². The molecule has 0 saturated carbocycles. The van der Waals surface area contributed by atoms with Gasteiger partial charge in [-0.1, -0.05) is 0 Å². The van der Waals surface area contributed by atoms with Crippen molar-refractivity contribution in [2.75, 3.05) is 68.0 Å². The molecule has 2 aromatic carbocycles. The van der Waals surface area contributed by atoms with Gasteiger partial charge in [0.15, 0.2) is 5.82 Å². The summed E-state index contributed by atoms with van der Waals surface area (Å²) in [6, 6.07) is 12.8. The average molecular weight is 882 g/mol. The van der Waals surface area contributed by atoms with Crippen LogP contribution in [0.15, 0.2) is 54.9 Å². The Morgan fingerprint density at radius 2 is 1.66 bits per heavy atom. The molecular weight excluding hydrogens is 830 g/mol. The highest BCUT2D eigenvalue weighted by Gasteiger charge is 2.39. The number of carbonyl (C=O) groups is 4. The Morgan fingerprint density at radius 3 is 2.49 bits per heavy atom. The van der Waals surface area contributed by atoms with E-state index < -0.39 is 6.04 Å². The number of piperidine rings is 3. The number of rotatable bonds is 8. The number of nitrogens with zero attached hydrogens (tertiary/aromatic N) is 8. The smallest absolute Gasteiger partial charge is 0.255 e. The first-order valence-electron chi connectivity index (χ1n) is 23.0. The topological polar surface area (TPSA) is 170 Å². The van der Waals surface area contributed by atoms with Gasteiger partial charge in [0.25, 0.3) is 5.91 Å². The SMILES string of the molecule is Cc1c(-c2cc3cc(Nc4cc5n(n4)CC(=O)N(C4CCN(CC6CCN(c7ccc8c(c7)CN(C7CCC(=O)NC7=O)C8=O)CC6)CC4)CC5)ncc3cc2F)cnc2c1NCCO2. The number of halogens is 1. The van der Waals surface area contributed by atoms with E-state index in [0.717, 1.165) is 92.0 Å². The molecule has 3 fully saturated rings. The highest BCUT2D eigenvalue weighted by atomic mass is 19.1. The van der Waals surface area contributed by atoms with Gasteiger partial charge in [-0.05, 0) is 97.9 Å². The molecule has 5 aromatic rings. The second-order valence-corrected chi connectivity index (χ2v) is 18.3. The number of hydrogen-bond acceptors (Lipinski definition) is 12. The molecule has 336 valence electrons. The van der Waals surface area contributed by atoms with Crippen LogP contribution in [0.4, 0.5) is 27.4 Å². The molecular formula is C48H52FN11O5. The Labute approximate surface area is 375 Å². The van der Waals surface area contributed by atoms with Gasteiger partial charge in [-0.15, -0.1) is 0 Å². The van der Waals surface area contributed by atoms with Crippen LogP contribution in [-0.2, 0) is 33.9 Å². The third-order valence-electron chi connectivity index (χ3n) is 14.4. The summed E-state index contributed by atoms with van der Waals surface area (Å²) in [4.78, 5) is 68.7. The number of aromatic nitrogens is 4. The van der Waals surface area contributed by atoms with Crippen molar-refractivity contribution in [3.05, 3.63) is 83.1 Å². The van der Waals surface area contributed by atoms with E-state index >= 15 is 4.39 Å². The second-order valence-electron chi connectivity index (χ2n) is 18.3. The monoisotopic (exact) mass is 881 g/mol. The molecule has 0 aliphatic carbocycles. The third kappa shape index (κ3) is 7.89. The Balaban J connectivity index is 0.660. The highest BCUT2D eigenvalue weighted by Crippen LogP contribution is 2.38. The first kappa shape index (κ1) is 41.1. The van der Waals surface area contributed by atoms with Crippen molar-refractivity contribution in [1.82, 2.24) is 39.8 Å². The quantitative estimate of drug-likeness (QED) is 0.178. The Kier molecular flexibility index (Phi) is 10.6. The van der Waals surface area contributed by atoms with Crippen LogP contribution in [0, 0.1) is 18.7 Å². The predicted octanol–water partition coefficient (Wildman–Crippen LogP) is 5.02. The maximum absolute atomic E-state index is 15.5. The summed E-state index contributed by atoms with van der Waals surface area (Å²) in [7, 11) is 0. The number of nitrogens with one attached hydrogen (secondary N) is 3. The van der Waals surface area contributed by atoms with E-state index in [4.69, 9.17) is 9.84 Å². The molecule has 6 aliphatic heterocycles. The van der Waals surface area contributed by atoms with Crippen LogP contribution < -0.4 is 25.6 Å². The Morgan fingerprint density at radius 1 is 0.815 bits per heavy atom. The lowest BCUT2D eigenvalue weighted by Gasteiger charge is -2.41. The molecule has 6 aliphatic rings. The number of ether oxygens (including phenoxy) is 1. The summed E-state index contributed by atoms with van der Waals surface area (Å²) >= 11 is 0. The van der Waals surface area contributed by atoms with Gasteiger partial charge < -0.3 is 35.0 Å². The van der Waals surface area contributed by atoms with Crippen LogP contribution in [0.5, 0.6) is 5.88 Å². The molecule has 4 amide bonds. The molecule has 3 aromatic heterocycles. The maximum Gasteiger partial charge on any atom is 0.255 e. The van der Waals surface area contributed by atoms with Gasteiger partial charge in [-0.25, -0.2) is 14.4 Å². The fourth-order valence-corrected chi connectivity index (χ4v) is 10.8. The molecule has 1 atom stereocenters. The molecule has 1 unspecified atom stereocenters. The van der Waals surface area contributed by atoms with Crippen LogP contribution in [0.2, 0.25) is 0 Å². The van der Waals surface area contributed by atoms with Crippen LogP contribution in [-0.4, -0.2) is 123 Å². The molecule has 65 heavy (non-hydrogen) atoms. The van der Waals surface area contributed by atoms with Gasteiger partial charge >= 0.3 is 0 Å². The van der Waals surface area contributed by atoms with Gasteiger partial charge in [-0.3, -0.25) is 29.2 Å².